The molecule has 0 saturated heterocycles. The zero-order valence-corrected chi connectivity index (χ0v) is 21.9. The highest BCUT2D eigenvalue weighted by atomic mass is 35.5. The molecule has 11 heteroatoms. The van der Waals surface area contributed by atoms with Gasteiger partial charge in [0.25, 0.3) is 11.8 Å². The summed E-state index contributed by atoms with van der Waals surface area (Å²) in [5.41, 5.74) is 0.544. The SMILES string of the molecule is O=C(Nc1cc(-c2ccc3ncccc3c2)cc2c1[C@@H](c1cc(F)ccc1Cl)NC2=O)c1cc(F)cc(C(F)(F)F)c1. The molecule has 2 N–H and O–H groups in total. The molecule has 0 aliphatic carbocycles. The molecule has 1 aromatic heterocycles. The normalized spacial score (nSPS) is 14.5. The number of nitrogens with one attached hydrogen (secondary N) is 2. The van der Waals surface area contributed by atoms with Crippen molar-refractivity contribution in [2.24, 2.45) is 0 Å². The molecule has 5 nitrogen and oxygen atoms in total. The minimum atomic E-state index is -4.89. The van der Waals surface area contributed by atoms with E-state index in [-0.39, 0.29) is 33.5 Å². The molecule has 5 aromatic rings. The van der Waals surface area contributed by atoms with Crippen LogP contribution in [-0.4, -0.2) is 16.8 Å². The van der Waals surface area contributed by atoms with E-state index in [9.17, 15) is 31.5 Å². The average Bonchev–Trinajstić information content (AvgIpc) is 3.29. The molecule has 6 rings (SSSR count). The van der Waals surface area contributed by atoms with Crippen LogP contribution in [0.5, 0.6) is 0 Å². The number of alkyl halides is 3. The molecule has 1 atom stereocenters. The second kappa shape index (κ2) is 10.2. The quantitative estimate of drug-likeness (QED) is 0.208. The summed E-state index contributed by atoms with van der Waals surface area (Å²) in [7, 11) is 0. The van der Waals surface area contributed by atoms with Crippen LogP contribution in [0.3, 0.4) is 0 Å². The van der Waals surface area contributed by atoms with E-state index in [1.54, 1.807) is 36.5 Å². The van der Waals surface area contributed by atoms with Crippen LogP contribution in [0.4, 0.5) is 27.6 Å². The Kier molecular flexibility index (Phi) is 6.65. The Balaban J connectivity index is 1.51. The molecule has 2 amide bonds. The number of halogens is 6. The number of aromatic nitrogens is 1. The molecule has 0 spiro atoms. The summed E-state index contributed by atoms with van der Waals surface area (Å²) in [4.78, 5) is 30.8. The number of benzene rings is 4. The third kappa shape index (κ3) is 5.05. The lowest BCUT2D eigenvalue weighted by atomic mass is 9.92. The van der Waals surface area contributed by atoms with Crippen LogP contribution in [0.1, 0.15) is 43.4 Å². The van der Waals surface area contributed by atoms with E-state index in [4.69, 9.17) is 11.6 Å². The van der Waals surface area contributed by atoms with Crippen LogP contribution < -0.4 is 10.6 Å². The summed E-state index contributed by atoms with van der Waals surface area (Å²) < 4.78 is 68.3. The molecule has 2 heterocycles. The van der Waals surface area contributed by atoms with Gasteiger partial charge >= 0.3 is 6.18 Å². The highest BCUT2D eigenvalue weighted by Gasteiger charge is 2.36. The number of hydrogen-bond acceptors (Lipinski definition) is 3. The van der Waals surface area contributed by atoms with Gasteiger partial charge in [0.1, 0.15) is 11.6 Å². The van der Waals surface area contributed by atoms with Crippen molar-refractivity contribution in [3.05, 3.63) is 130 Å². The molecule has 0 unspecified atom stereocenters. The number of rotatable bonds is 4. The predicted octanol–water partition coefficient (Wildman–Crippen LogP) is 7.94. The Morgan fingerprint density at radius 2 is 1.71 bits per heavy atom. The van der Waals surface area contributed by atoms with Crippen LogP contribution in [0, 0.1) is 11.6 Å². The highest BCUT2D eigenvalue weighted by Crippen LogP contribution is 2.42. The lowest BCUT2D eigenvalue weighted by molar-refractivity contribution is -0.137. The molecule has 42 heavy (non-hydrogen) atoms. The lowest BCUT2D eigenvalue weighted by Gasteiger charge is -2.19. The smallest absolute Gasteiger partial charge is 0.341 e. The van der Waals surface area contributed by atoms with Gasteiger partial charge in [-0.15, -0.1) is 0 Å². The number of pyridine rings is 1. The van der Waals surface area contributed by atoms with Crippen LogP contribution in [0.15, 0.2) is 85.1 Å². The molecule has 1 aliphatic heterocycles. The highest BCUT2D eigenvalue weighted by molar-refractivity contribution is 6.31. The van der Waals surface area contributed by atoms with Crippen molar-refractivity contribution in [1.82, 2.24) is 10.3 Å². The van der Waals surface area contributed by atoms with Gasteiger partial charge in [-0.05, 0) is 77.9 Å². The van der Waals surface area contributed by atoms with Crippen molar-refractivity contribution in [1.29, 1.82) is 0 Å². The van der Waals surface area contributed by atoms with Gasteiger partial charge in [-0.1, -0.05) is 23.7 Å². The van der Waals surface area contributed by atoms with E-state index in [0.29, 0.717) is 23.3 Å². The first-order chi connectivity index (χ1) is 20.0. The number of carbonyl (C=O) groups excluding carboxylic acids is 2. The fourth-order valence-electron chi connectivity index (χ4n) is 5.01. The predicted molar refractivity (Wildman–Crippen MR) is 147 cm³/mol. The molecule has 0 radical (unpaired) electrons. The first kappa shape index (κ1) is 27.3. The van der Waals surface area contributed by atoms with Gasteiger partial charge in [0.2, 0.25) is 0 Å². The number of fused-ring (bicyclic) bond motifs is 2. The summed E-state index contributed by atoms with van der Waals surface area (Å²) in [5.74, 6) is -3.46. The van der Waals surface area contributed by atoms with E-state index < -0.39 is 46.8 Å². The Hall–Kier alpha value is -4.83. The molecule has 0 fully saturated rings. The van der Waals surface area contributed by atoms with E-state index in [1.807, 2.05) is 12.1 Å². The second-order valence-electron chi connectivity index (χ2n) is 9.65. The van der Waals surface area contributed by atoms with E-state index in [2.05, 4.69) is 15.6 Å². The largest absolute Gasteiger partial charge is 0.416 e. The summed E-state index contributed by atoms with van der Waals surface area (Å²) in [6.07, 6.45) is -3.25. The van der Waals surface area contributed by atoms with Crippen molar-refractivity contribution in [2.75, 3.05) is 5.32 Å². The monoisotopic (exact) mass is 593 g/mol. The first-order valence-corrected chi connectivity index (χ1v) is 12.8. The van der Waals surface area contributed by atoms with Crippen LogP contribution in [-0.2, 0) is 6.18 Å². The Labute approximate surface area is 240 Å². The van der Waals surface area contributed by atoms with Crippen molar-refractivity contribution < 1.29 is 31.5 Å². The van der Waals surface area contributed by atoms with Crippen molar-refractivity contribution in [3.8, 4) is 11.1 Å². The summed E-state index contributed by atoms with van der Waals surface area (Å²) in [5, 5.41) is 6.23. The van der Waals surface area contributed by atoms with Gasteiger partial charge in [0.05, 0.1) is 17.1 Å². The van der Waals surface area contributed by atoms with Gasteiger partial charge in [-0.2, -0.15) is 13.2 Å². The zero-order chi connectivity index (χ0) is 29.8. The minimum absolute atomic E-state index is 0.0419. The standard InChI is InChI=1S/C31H17ClF5N3O2/c32-24-5-4-20(33)14-22(24)28-27-23(30(42)40-28)11-17(15-3-6-25-16(8-15)2-1-7-38-25)12-26(27)39-29(41)18-9-19(31(35,36)37)13-21(34)10-18/h1-14,28H,(H,39,41)(H,40,42)/t28-/m1/s1. The van der Waals surface area contributed by atoms with Gasteiger partial charge in [0, 0.05) is 44.5 Å². The van der Waals surface area contributed by atoms with Crippen LogP contribution in [0.25, 0.3) is 22.0 Å². The van der Waals surface area contributed by atoms with Crippen molar-refractivity contribution in [2.45, 2.75) is 12.2 Å². The Morgan fingerprint density at radius 1 is 0.905 bits per heavy atom. The fourth-order valence-corrected chi connectivity index (χ4v) is 5.23. The first-order valence-electron chi connectivity index (χ1n) is 12.5. The molecule has 0 saturated carbocycles. The number of carbonyl (C=O) groups is 2. The number of hydrogen-bond donors (Lipinski definition) is 2. The number of nitrogens with zero attached hydrogens (tertiary/aromatic N) is 1. The maximum Gasteiger partial charge on any atom is 0.416 e. The fraction of sp³-hybridized carbons (Fsp3) is 0.0645. The summed E-state index contributed by atoms with van der Waals surface area (Å²) >= 11 is 6.35. The Bertz CT molecular complexity index is 1930. The second-order valence-corrected chi connectivity index (χ2v) is 10.1. The summed E-state index contributed by atoms with van der Waals surface area (Å²) in [6.45, 7) is 0. The molecular formula is C31H17ClF5N3O2. The topological polar surface area (TPSA) is 71.1 Å². The van der Waals surface area contributed by atoms with Crippen molar-refractivity contribution in [3.63, 3.8) is 0 Å². The molecule has 210 valence electrons. The van der Waals surface area contributed by atoms with Gasteiger partial charge in [-0.25, -0.2) is 8.78 Å². The zero-order valence-electron chi connectivity index (χ0n) is 21.2. The van der Waals surface area contributed by atoms with Gasteiger partial charge in [-0.3, -0.25) is 14.6 Å². The van der Waals surface area contributed by atoms with E-state index in [1.165, 1.54) is 6.07 Å². The number of amides is 2. The Morgan fingerprint density at radius 3 is 2.50 bits per heavy atom. The molecular weight excluding hydrogens is 577 g/mol. The molecule has 0 bridgehead atoms. The third-order valence-electron chi connectivity index (χ3n) is 6.93. The average molecular weight is 594 g/mol. The minimum Gasteiger partial charge on any atom is -0.341 e. The maximum atomic E-state index is 14.2. The summed E-state index contributed by atoms with van der Waals surface area (Å²) in [6, 6.07) is 16.2. The third-order valence-corrected chi connectivity index (χ3v) is 7.27. The van der Waals surface area contributed by atoms with Crippen LogP contribution >= 0.6 is 11.6 Å². The van der Waals surface area contributed by atoms with Crippen molar-refractivity contribution >= 4 is 40.0 Å². The molecule has 1 aliphatic rings. The lowest BCUT2D eigenvalue weighted by Crippen LogP contribution is -2.21. The van der Waals surface area contributed by atoms with E-state index >= 15 is 0 Å². The maximum absolute atomic E-state index is 14.2. The number of anilines is 1. The van der Waals surface area contributed by atoms with E-state index in [0.717, 1.165) is 23.0 Å². The van der Waals surface area contributed by atoms with Gasteiger partial charge < -0.3 is 10.6 Å². The molecule has 4 aromatic carbocycles. The van der Waals surface area contributed by atoms with Gasteiger partial charge in [0.15, 0.2) is 0 Å². The van der Waals surface area contributed by atoms with Crippen LogP contribution in [0.2, 0.25) is 5.02 Å².